The average molecular weight is 337 g/mol. The fourth-order valence-electron chi connectivity index (χ4n) is 1.97. The summed E-state index contributed by atoms with van der Waals surface area (Å²) in [5.41, 5.74) is 0.735. The summed E-state index contributed by atoms with van der Waals surface area (Å²) in [6, 6.07) is 6.97. The van der Waals surface area contributed by atoms with Crippen LogP contribution in [0.2, 0.25) is 10.0 Å². The van der Waals surface area contributed by atoms with E-state index in [1.54, 1.807) is 31.2 Å². The van der Waals surface area contributed by atoms with Crippen LogP contribution in [-0.2, 0) is 0 Å². The molecule has 1 aromatic carbocycles. The van der Waals surface area contributed by atoms with Gasteiger partial charge in [0.15, 0.2) is 0 Å². The molecule has 0 saturated heterocycles. The molecule has 1 aliphatic carbocycles. The van der Waals surface area contributed by atoms with Crippen molar-refractivity contribution in [2.24, 2.45) is 0 Å². The fourth-order valence-corrected chi connectivity index (χ4v) is 2.31. The predicted molar refractivity (Wildman–Crippen MR) is 87.8 cm³/mol. The van der Waals surface area contributed by atoms with Gasteiger partial charge in [0, 0.05) is 17.1 Å². The van der Waals surface area contributed by atoms with Crippen LogP contribution in [0.5, 0.6) is 0 Å². The maximum absolute atomic E-state index is 12.4. The van der Waals surface area contributed by atoms with Gasteiger partial charge in [0.1, 0.15) is 17.3 Å². The molecule has 7 heteroatoms. The molecule has 0 spiro atoms. The van der Waals surface area contributed by atoms with Crippen LogP contribution in [0.4, 0.5) is 11.5 Å². The largest absolute Gasteiger partial charge is 0.367 e. The molecule has 1 saturated carbocycles. The van der Waals surface area contributed by atoms with Crippen molar-refractivity contribution in [3.63, 3.8) is 0 Å². The Labute approximate surface area is 138 Å². The van der Waals surface area contributed by atoms with E-state index in [0.717, 1.165) is 12.8 Å². The summed E-state index contributed by atoms with van der Waals surface area (Å²) in [7, 11) is 0. The molecule has 5 nitrogen and oxygen atoms in total. The molecule has 0 radical (unpaired) electrons. The first-order valence-corrected chi connectivity index (χ1v) is 7.65. The lowest BCUT2D eigenvalue weighted by Gasteiger charge is -2.09. The van der Waals surface area contributed by atoms with Crippen LogP contribution in [0.3, 0.4) is 0 Å². The fraction of sp³-hybridized carbons (Fsp3) is 0.267. The van der Waals surface area contributed by atoms with Crippen molar-refractivity contribution < 1.29 is 4.79 Å². The van der Waals surface area contributed by atoms with Gasteiger partial charge in [-0.05, 0) is 38.0 Å². The normalized spacial score (nSPS) is 13.8. The third-order valence-corrected chi connectivity index (χ3v) is 3.74. The molecule has 1 aromatic heterocycles. The number of benzene rings is 1. The summed E-state index contributed by atoms with van der Waals surface area (Å²) in [4.78, 5) is 20.8. The number of amides is 1. The van der Waals surface area contributed by atoms with Gasteiger partial charge in [-0.15, -0.1) is 0 Å². The number of rotatable bonds is 4. The Morgan fingerprint density at radius 1 is 1.23 bits per heavy atom. The minimum atomic E-state index is -0.353. The number of aryl methyl sites for hydroxylation is 1. The van der Waals surface area contributed by atoms with Crippen LogP contribution in [0.1, 0.15) is 29.2 Å². The maximum atomic E-state index is 12.4. The molecule has 0 unspecified atom stereocenters. The van der Waals surface area contributed by atoms with Crippen LogP contribution in [-0.4, -0.2) is 21.9 Å². The number of nitrogens with zero attached hydrogens (tertiary/aromatic N) is 2. The summed E-state index contributed by atoms with van der Waals surface area (Å²) in [5, 5.41) is 6.89. The van der Waals surface area contributed by atoms with Crippen LogP contribution in [0.25, 0.3) is 0 Å². The number of nitrogens with one attached hydrogen (secondary N) is 2. The van der Waals surface area contributed by atoms with Gasteiger partial charge in [-0.3, -0.25) is 4.79 Å². The summed E-state index contributed by atoms with van der Waals surface area (Å²) in [6.07, 6.45) is 2.26. The number of carbonyl (C=O) groups is 1. The molecular formula is C15H14Cl2N4O. The van der Waals surface area contributed by atoms with Crippen LogP contribution in [0.15, 0.2) is 24.3 Å². The Hall–Kier alpha value is -1.85. The molecule has 1 heterocycles. The second-order valence-corrected chi connectivity index (χ2v) is 6.03. The smallest absolute Gasteiger partial charge is 0.274 e. The van der Waals surface area contributed by atoms with Crippen LogP contribution < -0.4 is 10.6 Å². The van der Waals surface area contributed by atoms with E-state index in [-0.39, 0.29) is 11.6 Å². The molecule has 1 fully saturated rings. The molecule has 2 aromatic rings. The van der Waals surface area contributed by atoms with Crippen molar-refractivity contribution in [1.82, 2.24) is 9.97 Å². The van der Waals surface area contributed by atoms with Crippen molar-refractivity contribution in [2.75, 3.05) is 10.6 Å². The Kier molecular flexibility index (Phi) is 4.18. The second kappa shape index (κ2) is 6.10. The number of anilines is 2. The van der Waals surface area contributed by atoms with Crippen molar-refractivity contribution in [2.45, 2.75) is 25.8 Å². The van der Waals surface area contributed by atoms with Gasteiger partial charge in [-0.25, -0.2) is 9.97 Å². The van der Waals surface area contributed by atoms with Crippen LogP contribution in [0, 0.1) is 6.92 Å². The van der Waals surface area contributed by atoms with E-state index in [0.29, 0.717) is 33.4 Å². The molecule has 0 bridgehead atoms. The quantitative estimate of drug-likeness (QED) is 0.887. The molecule has 0 aliphatic heterocycles. The Balaban J connectivity index is 1.81. The molecular weight excluding hydrogens is 323 g/mol. The highest BCUT2D eigenvalue weighted by atomic mass is 35.5. The standard InChI is InChI=1S/C15H14Cl2N4O/c1-8-18-13(7-14(19-8)20-10-3-4-10)15(22)21-12-6-9(16)2-5-11(12)17/h2,5-7,10H,3-4H2,1H3,(H,21,22)(H,18,19,20). The van der Waals surface area contributed by atoms with Gasteiger partial charge in [0.05, 0.1) is 10.7 Å². The van der Waals surface area contributed by atoms with Gasteiger partial charge >= 0.3 is 0 Å². The summed E-state index contributed by atoms with van der Waals surface area (Å²) >= 11 is 12.0. The highest BCUT2D eigenvalue weighted by Gasteiger charge is 2.22. The lowest BCUT2D eigenvalue weighted by Crippen LogP contribution is -2.16. The van der Waals surface area contributed by atoms with Crippen molar-refractivity contribution in [3.8, 4) is 0 Å². The van der Waals surface area contributed by atoms with Gasteiger partial charge in [0.25, 0.3) is 5.91 Å². The maximum Gasteiger partial charge on any atom is 0.274 e. The third-order valence-electron chi connectivity index (χ3n) is 3.18. The van der Waals surface area contributed by atoms with E-state index in [1.165, 1.54) is 0 Å². The van der Waals surface area contributed by atoms with Gasteiger partial charge < -0.3 is 10.6 Å². The van der Waals surface area contributed by atoms with Crippen molar-refractivity contribution >= 4 is 40.6 Å². The first-order chi connectivity index (χ1) is 10.5. The minimum Gasteiger partial charge on any atom is -0.367 e. The van der Waals surface area contributed by atoms with E-state index in [1.807, 2.05) is 0 Å². The first kappa shape index (κ1) is 15.1. The molecule has 1 amide bonds. The SMILES string of the molecule is Cc1nc(NC2CC2)cc(C(=O)Nc2cc(Cl)ccc2Cl)n1. The molecule has 1 aliphatic rings. The lowest BCUT2D eigenvalue weighted by atomic mass is 10.3. The van der Waals surface area contributed by atoms with E-state index in [2.05, 4.69) is 20.6 Å². The van der Waals surface area contributed by atoms with E-state index in [4.69, 9.17) is 23.2 Å². The number of hydrogen-bond donors (Lipinski definition) is 2. The predicted octanol–water partition coefficient (Wildman–Crippen LogP) is 3.92. The zero-order valence-electron chi connectivity index (χ0n) is 11.9. The molecule has 2 N–H and O–H groups in total. The highest BCUT2D eigenvalue weighted by molar-refractivity contribution is 6.35. The molecule has 0 atom stereocenters. The topological polar surface area (TPSA) is 66.9 Å². The number of halogens is 2. The number of carbonyl (C=O) groups excluding carboxylic acids is 1. The molecule has 114 valence electrons. The first-order valence-electron chi connectivity index (χ1n) is 6.90. The van der Waals surface area contributed by atoms with E-state index >= 15 is 0 Å². The zero-order chi connectivity index (χ0) is 15.7. The minimum absolute atomic E-state index is 0.284. The Morgan fingerprint density at radius 2 is 2.00 bits per heavy atom. The highest BCUT2D eigenvalue weighted by Crippen LogP contribution is 2.26. The summed E-state index contributed by atoms with van der Waals surface area (Å²) in [6.45, 7) is 1.75. The Bertz CT molecular complexity index is 731. The van der Waals surface area contributed by atoms with E-state index < -0.39 is 0 Å². The molecule has 3 rings (SSSR count). The lowest BCUT2D eigenvalue weighted by molar-refractivity contribution is 0.102. The van der Waals surface area contributed by atoms with Gasteiger partial charge in [-0.1, -0.05) is 23.2 Å². The van der Waals surface area contributed by atoms with Gasteiger partial charge in [0.2, 0.25) is 0 Å². The number of hydrogen-bond acceptors (Lipinski definition) is 4. The summed E-state index contributed by atoms with van der Waals surface area (Å²) in [5.74, 6) is 0.846. The average Bonchev–Trinajstić information content (AvgIpc) is 3.26. The van der Waals surface area contributed by atoms with Crippen molar-refractivity contribution in [3.05, 3.63) is 45.8 Å². The zero-order valence-corrected chi connectivity index (χ0v) is 13.4. The second-order valence-electron chi connectivity index (χ2n) is 5.18. The van der Waals surface area contributed by atoms with Gasteiger partial charge in [-0.2, -0.15) is 0 Å². The Morgan fingerprint density at radius 3 is 2.73 bits per heavy atom. The summed E-state index contributed by atoms with van der Waals surface area (Å²) < 4.78 is 0. The van der Waals surface area contributed by atoms with E-state index in [9.17, 15) is 4.79 Å². The van der Waals surface area contributed by atoms with Crippen molar-refractivity contribution in [1.29, 1.82) is 0 Å². The molecule has 22 heavy (non-hydrogen) atoms. The number of aromatic nitrogens is 2. The third kappa shape index (κ3) is 3.67. The monoisotopic (exact) mass is 336 g/mol. The van der Waals surface area contributed by atoms with Crippen LogP contribution >= 0.6 is 23.2 Å².